The Morgan fingerprint density at radius 1 is 1.26 bits per heavy atom. The van der Waals surface area contributed by atoms with Gasteiger partial charge in [0.25, 0.3) is 5.91 Å². The topological polar surface area (TPSA) is 112 Å². The molecule has 4 rings (SSSR count). The van der Waals surface area contributed by atoms with Gasteiger partial charge in [-0.05, 0) is 69.5 Å². The molecule has 8 nitrogen and oxygen atoms in total. The second-order valence-corrected chi connectivity index (χ2v) is 8.78. The van der Waals surface area contributed by atoms with Gasteiger partial charge in [-0.3, -0.25) is 4.79 Å². The van der Waals surface area contributed by atoms with Crippen molar-refractivity contribution >= 4 is 29.0 Å². The molecule has 3 heterocycles. The summed E-state index contributed by atoms with van der Waals surface area (Å²) in [5.74, 6) is 1.95. The molecule has 1 atom stereocenters. The average Bonchev–Trinajstić information content (AvgIpc) is 3.50. The number of hydrogen-bond donors (Lipinski definition) is 3. The van der Waals surface area contributed by atoms with E-state index in [0.717, 1.165) is 17.9 Å². The molecular formula is C26H31N7O. The second-order valence-electron chi connectivity index (χ2n) is 8.78. The van der Waals surface area contributed by atoms with Gasteiger partial charge in [-0.15, -0.1) is 0 Å². The number of imidazole rings is 1. The quantitative estimate of drug-likeness (QED) is 0.463. The molecule has 1 aliphatic heterocycles. The van der Waals surface area contributed by atoms with Crippen molar-refractivity contribution in [3.63, 3.8) is 0 Å². The third kappa shape index (κ3) is 5.51. The van der Waals surface area contributed by atoms with Gasteiger partial charge < -0.3 is 20.9 Å². The number of carbonyl (C=O) groups is 1. The van der Waals surface area contributed by atoms with Gasteiger partial charge in [0.2, 0.25) is 0 Å². The Labute approximate surface area is 200 Å². The summed E-state index contributed by atoms with van der Waals surface area (Å²) in [6.07, 6.45) is 7.50. The fourth-order valence-corrected chi connectivity index (χ4v) is 4.01. The standard InChI is InChI=1S/C26H31N7O/c1-17(2)30-26(34)20-9-4-8-19(15-20)21(27)16-22(25-28-12-13-29-25)31-23-10-5-11-24(32-23)33-14-6-7-18(33)3/h4-5,8-13,15-18H,6-7,14,27H2,1-3H3,(H,28,29)(H,30,34)/b21-16-,31-22?. The van der Waals surface area contributed by atoms with Crippen LogP contribution in [-0.2, 0) is 0 Å². The molecule has 0 saturated carbocycles. The largest absolute Gasteiger partial charge is 0.398 e. The number of hydrogen-bond acceptors (Lipinski definition) is 6. The molecule has 0 radical (unpaired) electrons. The Balaban J connectivity index is 1.67. The van der Waals surface area contributed by atoms with Crippen LogP contribution in [0.25, 0.3) is 5.70 Å². The highest BCUT2D eigenvalue weighted by Gasteiger charge is 2.21. The lowest BCUT2D eigenvalue weighted by molar-refractivity contribution is 0.0943. The molecule has 1 aliphatic rings. The third-order valence-electron chi connectivity index (χ3n) is 5.71. The van der Waals surface area contributed by atoms with Crippen LogP contribution in [0.3, 0.4) is 0 Å². The maximum atomic E-state index is 12.4. The lowest BCUT2D eigenvalue weighted by atomic mass is 10.1. The predicted octanol–water partition coefficient (Wildman–Crippen LogP) is 4.05. The number of rotatable bonds is 7. The Kier molecular flexibility index (Phi) is 7.06. The number of pyridine rings is 1. The van der Waals surface area contributed by atoms with Crippen LogP contribution in [0, 0.1) is 0 Å². The van der Waals surface area contributed by atoms with Crippen molar-refractivity contribution in [2.45, 2.75) is 45.7 Å². The van der Waals surface area contributed by atoms with Gasteiger partial charge in [-0.25, -0.2) is 15.0 Å². The highest BCUT2D eigenvalue weighted by Crippen LogP contribution is 2.25. The van der Waals surface area contributed by atoms with Crippen molar-refractivity contribution in [1.29, 1.82) is 0 Å². The summed E-state index contributed by atoms with van der Waals surface area (Å²) in [5, 5.41) is 2.90. The molecule has 34 heavy (non-hydrogen) atoms. The van der Waals surface area contributed by atoms with E-state index in [0.29, 0.717) is 34.7 Å². The van der Waals surface area contributed by atoms with Crippen molar-refractivity contribution in [3.05, 3.63) is 77.9 Å². The molecule has 0 spiro atoms. The lowest BCUT2D eigenvalue weighted by Gasteiger charge is -2.22. The van der Waals surface area contributed by atoms with Crippen molar-refractivity contribution in [1.82, 2.24) is 20.3 Å². The number of allylic oxidation sites excluding steroid dienone is 1. The normalized spacial score (nSPS) is 16.8. The first-order chi connectivity index (χ1) is 16.4. The fraction of sp³-hybridized carbons (Fsp3) is 0.308. The van der Waals surface area contributed by atoms with Gasteiger partial charge >= 0.3 is 0 Å². The van der Waals surface area contributed by atoms with Gasteiger partial charge in [0.1, 0.15) is 11.5 Å². The average molecular weight is 458 g/mol. The minimum atomic E-state index is -0.137. The van der Waals surface area contributed by atoms with E-state index in [9.17, 15) is 4.79 Å². The fourth-order valence-electron chi connectivity index (χ4n) is 4.01. The Morgan fingerprint density at radius 3 is 2.76 bits per heavy atom. The lowest BCUT2D eigenvalue weighted by Crippen LogP contribution is -2.30. The number of aliphatic imine (C=N–C) groups is 1. The molecule has 0 aliphatic carbocycles. The van der Waals surface area contributed by atoms with Crippen LogP contribution in [0.5, 0.6) is 0 Å². The number of nitrogens with one attached hydrogen (secondary N) is 2. The minimum Gasteiger partial charge on any atom is -0.398 e. The van der Waals surface area contributed by atoms with Crippen LogP contribution in [0.2, 0.25) is 0 Å². The van der Waals surface area contributed by atoms with E-state index in [1.54, 1.807) is 30.6 Å². The van der Waals surface area contributed by atoms with Crippen molar-refractivity contribution in [2.75, 3.05) is 11.4 Å². The zero-order chi connectivity index (χ0) is 24.1. The van der Waals surface area contributed by atoms with E-state index in [2.05, 4.69) is 27.1 Å². The van der Waals surface area contributed by atoms with Crippen molar-refractivity contribution < 1.29 is 4.79 Å². The van der Waals surface area contributed by atoms with Crippen LogP contribution >= 0.6 is 0 Å². The molecule has 3 aromatic rings. The molecule has 176 valence electrons. The van der Waals surface area contributed by atoms with E-state index in [1.807, 2.05) is 44.2 Å². The van der Waals surface area contributed by atoms with Gasteiger partial charge in [0.15, 0.2) is 11.6 Å². The zero-order valence-corrected chi connectivity index (χ0v) is 19.8. The van der Waals surface area contributed by atoms with E-state index in [1.165, 1.54) is 12.8 Å². The maximum Gasteiger partial charge on any atom is 0.251 e. The summed E-state index contributed by atoms with van der Waals surface area (Å²) in [6, 6.07) is 13.6. The van der Waals surface area contributed by atoms with Crippen LogP contribution in [0.4, 0.5) is 11.6 Å². The summed E-state index contributed by atoms with van der Waals surface area (Å²) in [4.78, 5) is 31.7. The van der Waals surface area contributed by atoms with E-state index < -0.39 is 0 Å². The van der Waals surface area contributed by atoms with E-state index in [4.69, 9.17) is 15.7 Å². The Bertz CT molecular complexity index is 1200. The summed E-state index contributed by atoms with van der Waals surface area (Å²) in [5.41, 5.74) is 8.75. The van der Waals surface area contributed by atoms with Crippen molar-refractivity contribution in [2.24, 2.45) is 10.7 Å². The number of nitrogens with two attached hydrogens (primary N) is 1. The monoisotopic (exact) mass is 457 g/mol. The Hall–Kier alpha value is -3.94. The third-order valence-corrected chi connectivity index (χ3v) is 5.71. The number of amides is 1. The molecule has 1 unspecified atom stereocenters. The Morgan fingerprint density at radius 2 is 2.06 bits per heavy atom. The second kappa shape index (κ2) is 10.3. The molecule has 1 amide bonds. The first kappa shape index (κ1) is 23.2. The van der Waals surface area contributed by atoms with Gasteiger partial charge in [-0.1, -0.05) is 18.2 Å². The SMILES string of the molecule is CC(C)NC(=O)c1cccc(/C(N)=C/C(=Nc2cccc(N3CCCC3C)n2)c2ncc[nH]2)c1. The van der Waals surface area contributed by atoms with Gasteiger partial charge in [-0.2, -0.15) is 0 Å². The first-order valence-electron chi connectivity index (χ1n) is 11.6. The first-order valence-corrected chi connectivity index (χ1v) is 11.6. The highest BCUT2D eigenvalue weighted by molar-refractivity contribution is 6.11. The molecule has 1 aromatic carbocycles. The molecule has 1 saturated heterocycles. The van der Waals surface area contributed by atoms with Crippen molar-refractivity contribution in [3.8, 4) is 0 Å². The number of carbonyl (C=O) groups excluding carboxylic acids is 1. The highest BCUT2D eigenvalue weighted by atomic mass is 16.1. The van der Waals surface area contributed by atoms with Crippen LogP contribution in [0.15, 0.2) is 65.9 Å². The number of anilines is 1. The van der Waals surface area contributed by atoms with Gasteiger partial charge in [0, 0.05) is 42.3 Å². The smallest absolute Gasteiger partial charge is 0.251 e. The molecule has 4 N–H and O–H groups in total. The van der Waals surface area contributed by atoms with Gasteiger partial charge in [0.05, 0.1) is 0 Å². The number of aromatic amines is 1. The van der Waals surface area contributed by atoms with E-state index in [-0.39, 0.29) is 11.9 Å². The molecule has 8 heteroatoms. The van der Waals surface area contributed by atoms with E-state index >= 15 is 0 Å². The number of aromatic nitrogens is 3. The molecule has 2 aromatic heterocycles. The predicted molar refractivity (Wildman–Crippen MR) is 136 cm³/mol. The van der Waals surface area contributed by atoms with Crippen LogP contribution in [-0.4, -0.2) is 45.2 Å². The molecular weight excluding hydrogens is 426 g/mol. The molecule has 0 bridgehead atoms. The zero-order valence-electron chi connectivity index (χ0n) is 19.8. The minimum absolute atomic E-state index is 0.0496. The maximum absolute atomic E-state index is 12.4. The van der Waals surface area contributed by atoms with Crippen LogP contribution < -0.4 is 16.0 Å². The molecule has 1 fully saturated rings. The summed E-state index contributed by atoms with van der Waals surface area (Å²) >= 11 is 0. The summed E-state index contributed by atoms with van der Waals surface area (Å²) < 4.78 is 0. The van der Waals surface area contributed by atoms with Crippen LogP contribution in [0.1, 0.15) is 55.4 Å². The summed E-state index contributed by atoms with van der Waals surface area (Å²) in [7, 11) is 0. The number of H-pyrrole nitrogens is 1. The number of benzene rings is 1. The number of nitrogens with zero attached hydrogens (tertiary/aromatic N) is 4. The summed E-state index contributed by atoms with van der Waals surface area (Å²) in [6.45, 7) is 7.07.